The van der Waals surface area contributed by atoms with Crippen LogP contribution in [0.2, 0.25) is 0 Å². The van der Waals surface area contributed by atoms with E-state index in [1.165, 1.54) is 12.1 Å². The van der Waals surface area contributed by atoms with Crippen LogP contribution in [0.5, 0.6) is 0 Å². The third-order valence-corrected chi connectivity index (χ3v) is 5.37. The number of carbonyl (C=O) groups is 1. The van der Waals surface area contributed by atoms with Gasteiger partial charge in [0, 0.05) is 36.1 Å². The summed E-state index contributed by atoms with van der Waals surface area (Å²) in [5.74, 6) is -0.255. The van der Waals surface area contributed by atoms with Crippen molar-refractivity contribution in [2.75, 3.05) is 18.0 Å². The summed E-state index contributed by atoms with van der Waals surface area (Å²) in [5.41, 5.74) is 1.23. The predicted molar refractivity (Wildman–Crippen MR) is 107 cm³/mol. The normalized spacial score (nSPS) is 20.7. The lowest BCUT2D eigenvalue weighted by atomic mass is 10.1. The number of aromatic nitrogens is 1. The van der Waals surface area contributed by atoms with Gasteiger partial charge in [0.15, 0.2) is 5.13 Å². The quantitative estimate of drug-likeness (QED) is 0.739. The van der Waals surface area contributed by atoms with Gasteiger partial charge in [0.2, 0.25) is 0 Å². The number of carbonyl (C=O) groups excluding carboxylic acids is 1. The number of amides is 1. The molecule has 146 valence electrons. The molecule has 2 heterocycles. The molecule has 1 fully saturated rings. The fourth-order valence-electron chi connectivity index (χ4n) is 3.12. The summed E-state index contributed by atoms with van der Waals surface area (Å²) in [6.45, 7) is 11.0. The summed E-state index contributed by atoms with van der Waals surface area (Å²) in [7, 11) is 0. The minimum Gasteiger partial charge on any atom is -0.444 e. The fourth-order valence-corrected chi connectivity index (χ4v) is 4.06. The van der Waals surface area contributed by atoms with Gasteiger partial charge in [-0.2, -0.15) is 0 Å². The maximum absolute atomic E-state index is 13.1. The summed E-state index contributed by atoms with van der Waals surface area (Å²) in [4.78, 5) is 21.2. The molecular formula is C20H26FN3O2S. The van der Waals surface area contributed by atoms with E-state index in [0.717, 1.165) is 16.4 Å². The molecule has 7 heteroatoms. The maximum Gasteiger partial charge on any atom is 0.410 e. The molecule has 0 saturated carbocycles. The molecule has 2 atom stereocenters. The van der Waals surface area contributed by atoms with Crippen molar-refractivity contribution in [3.63, 3.8) is 0 Å². The van der Waals surface area contributed by atoms with Crippen molar-refractivity contribution in [2.24, 2.45) is 0 Å². The molecule has 1 aliphatic heterocycles. The Kier molecular flexibility index (Phi) is 5.42. The summed E-state index contributed by atoms with van der Waals surface area (Å²) >= 11 is 1.57. The Bertz CT molecular complexity index is 800. The molecule has 2 aromatic rings. The predicted octanol–water partition coefficient (Wildman–Crippen LogP) is 4.78. The van der Waals surface area contributed by atoms with E-state index < -0.39 is 5.60 Å². The van der Waals surface area contributed by atoms with Crippen molar-refractivity contribution in [2.45, 2.75) is 52.3 Å². The second kappa shape index (κ2) is 7.46. The van der Waals surface area contributed by atoms with Crippen LogP contribution in [0, 0.1) is 5.82 Å². The Morgan fingerprint density at radius 3 is 2.48 bits per heavy atom. The summed E-state index contributed by atoms with van der Waals surface area (Å²) in [6.07, 6.45) is -0.271. The number of thiazole rings is 1. The second-order valence-corrected chi connectivity index (χ2v) is 8.84. The molecule has 2 unspecified atom stereocenters. The van der Waals surface area contributed by atoms with Gasteiger partial charge in [-0.15, -0.1) is 11.3 Å². The lowest BCUT2D eigenvalue weighted by molar-refractivity contribution is 0.0130. The Hall–Kier alpha value is -2.15. The average Bonchev–Trinajstić information content (AvgIpc) is 3.05. The first kappa shape index (κ1) is 19.6. The highest BCUT2D eigenvalue weighted by Gasteiger charge is 2.35. The molecular weight excluding hydrogens is 365 g/mol. The number of anilines is 1. The molecule has 1 amide bonds. The van der Waals surface area contributed by atoms with E-state index in [-0.39, 0.29) is 24.0 Å². The number of piperazine rings is 1. The monoisotopic (exact) mass is 391 g/mol. The van der Waals surface area contributed by atoms with Gasteiger partial charge in [-0.25, -0.2) is 14.2 Å². The van der Waals surface area contributed by atoms with Crippen LogP contribution < -0.4 is 4.90 Å². The summed E-state index contributed by atoms with van der Waals surface area (Å²) < 4.78 is 18.7. The number of hydrogen-bond donors (Lipinski definition) is 0. The molecule has 1 aliphatic rings. The molecule has 3 rings (SSSR count). The van der Waals surface area contributed by atoms with Crippen LogP contribution in [0.1, 0.15) is 34.6 Å². The zero-order valence-electron chi connectivity index (χ0n) is 16.4. The lowest BCUT2D eigenvalue weighted by Gasteiger charge is -2.44. The van der Waals surface area contributed by atoms with Crippen molar-refractivity contribution in [1.82, 2.24) is 9.88 Å². The van der Waals surface area contributed by atoms with Gasteiger partial charge in [-0.05, 0) is 58.9 Å². The highest BCUT2D eigenvalue weighted by Crippen LogP contribution is 2.31. The minimum atomic E-state index is -0.503. The van der Waals surface area contributed by atoms with Gasteiger partial charge in [0.05, 0.1) is 5.69 Å². The van der Waals surface area contributed by atoms with E-state index in [4.69, 9.17) is 9.72 Å². The van der Waals surface area contributed by atoms with Crippen molar-refractivity contribution < 1.29 is 13.9 Å². The molecule has 27 heavy (non-hydrogen) atoms. The topological polar surface area (TPSA) is 45.7 Å². The van der Waals surface area contributed by atoms with Crippen LogP contribution >= 0.6 is 11.3 Å². The highest BCUT2D eigenvalue weighted by molar-refractivity contribution is 7.14. The van der Waals surface area contributed by atoms with E-state index in [1.54, 1.807) is 28.4 Å². The highest BCUT2D eigenvalue weighted by atomic mass is 32.1. The Labute approximate surface area is 163 Å². The standard InChI is InChI=1S/C20H26FN3O2S/c1-13-11-24(19(25)26-20(3,4)5)14(2)10-23(13)18-22-17(12-27-18)15-6-8-16(21)9-7-15/h6-9,12-14H,10-11H2,1-5H3. The Morgan fingerprint density at radius 1 is 1.19 bits per heavy atom. The number of ether oxygens (including phenoxy) is 1. The molecule has 0 radical (unpaired) electrons. The molecule has 0 bridgehead atoms. The van der Waals surface area contributed by atoms with Crippen molar-refractivity contribution >= 4 is 22.6 Å². The number of nitrogens with zero attached hydrogens (tertiary/aromatic N) is 3. The Balaban J connectivity index is 1.72. The van der Waals surface area contributed by atoms with E-state index in [0.29, 0.717) is 13.1 Å². The zero-order chi connectivity index (χ0) is 19.8. The molecule has 0 spiro atoms. The molecule has 1 saturated heterocycles. The van der Waals surface area contributed by atoms with Gasteiger partial charge < -0.3 is 14.5 Å². The molecule has 0 N–H and O–H groups in total. The first-order chi connectivity index (χ1) is 12.6. The maximum atomic E-state index is 13.1. The number of benzene rings is 1. The molecule has 1 aromatic carbocycles. The second-order valence-electron chi connectivity index (χ2n) is 8.01. The van der Waals surface area contributed by atoms with Gasteiger partial charge in [0.25, 0.3) is 0 Å². The third-order valence-electron chi connectivity index (χ3n) is 4.49. The summed E-state index contributed by atoms with van der Waals surface area (Å²) in [5, 5.41) is 2.90. The number of rotatable bonds is 2. The van der Waals surface area contributed by atoms with E-state index in [2.05, 4.69) is 11.8 Å². The molecule has 1 aromatic heterocycles. The van der Waals surface area contributed by atoms with Crippen LogP contribution in [0.3, 0.4) is 0 Å². The van der Waals surface area contributed by atoms with Crippen LogP contribution in [-0.4, -0.2) is 46.8 Å². The van der Waals surface area contributed by atoms with Crippen molar-refractivity contribution in [3.8, 4) is 11.3 Å². The average molecular weight is 392 g/mol. The fraction of sp³-hybridized carbons (Fsp3) is 0.500. The lowest BCUT2D eigenvalue weighted by Crippen LogP contribution is -2.59. The van der Waals surface area contributed by atoms with Gasteiger partial charge in [-0.3, -0.25) is 0 Å². The first-order valence-electron chi connectivity index (χ1n) is 9.12. The first-order valence-corrected chi connectivity index (χ1v) is 10.00. The zero-order valence-corrected chi connectivity index (χ0v) is 17.2. The van der Waals surface area contributed by atoms with E-state index in [1.807, 2.05) is 33.1 Å². The third kappa shape index (κ3) is 4.58. The van der Waals surface area contributed by atoms with Crippen LogP contribution in [0.15, 0.2) is 29.6 Å². The molecule has 0 aliphatic carbocycles. The van der Waals surface area contributed by atoms with E-state index in [9.17, 15) is 9.18 Å². The summed E-state index contributed by atoms with van der Waals surface area (Å²) in [6, 6.07) is 6.51. The number of halogens is 1. The van der Waals surface area contributed by atoms with Gasteiger partial charge in [-0.1, -0.05) is 0 Å². The minimum absolute atomic E-state index is 0.0224. The molecule has 5 nitrogen and oxygen atoms in total. The van der Waals surface area contributed by atoms with Crippen LogP contribution in [0.25, 0.3) is 11.3 Å². The van der Waals surface area contributed by atoms with Crippen molar-refractivity contribution in [1.29, 1.82) is 0 Å². The smallest absolute Gasteiger partial charge is 0.410 e. The van der Waals surface area contributed by atoms with Crippen LogP contribution in [-0.2, 0) is 4.74 Å². The van der Waals surface area contributed by atoms with Crippen molar-refractivity contribution in [3.05, 3.63) is 35.5 Å². The Morgan fingerprint density at radius 2 is 1.85 bits per heavy atom. The van der Waals surface area contributed by atoms with Gasteiger partial charge >= 0.3 is 6.09 Å². The van der Waals surface area contributed by atoms with E-state index >= 15 is 0 Å². The largest absolute Gasteiger partial charge is 0.444 e. The van der Waals surface area contributed by atoms with Gasteiger partial charge in [0.1, 0.15) is 11.4 Å². The SMILES string of the molecule is CC1CN(c2nc(-c3ccc(F)cc3)cs2)C(C)CN1C(=O)OC(C)(C)C. The van der Waals surface area contributed by atoms with Crippen LogP contribution in [0.4, 0.5) is 14.3 Å². The number of hydrogen-bond acceptors (Lipinski definition) is 5.